The molecule has 5 rings (SSSR count). The second kappa shape index (κ2) is 8.17. The predicted octanol–water partition coefficient (Wildman–Crippen LogP) is 3.85. The fourth-order valence-corrected chi connectivity index (χ4v) is 4.49. The van der Waals surface area contributed by atoms with Crippen LogP contribution in [0.25, 0.3) is 22.2 Å². The van der Waals surface area contributed by atoms with Crippen molar-refractivity contribution in [1.29, 1.82) is 0 Å². The lowest BCUT2D eigenvalue weighted by molar-refractivity contribution is -0.677. The van der Waals surface area contributed by atoms with Crippen LogP contribution in [0.2, 0.25) is 0 Å². The summed E-state index contributed by atoms with van der Waals surface area (Å²) in [6, 6.07) is 29.4. The molecule has 4 nitrogen and oxygen atoms in total. The highest BCUT2D eigenvalue weighted by Crippen LogP contribution is 2.38. The van der Waals surface area contributed by atoms with Crippen molar-refractivity contribution in [3.05, 3.63) is 96.1 Å². The van der Waals surface area contributed by atoms with Crippen molar-refractivity contribution >= 4 is 16.9 Å². The molecule has 1 saturated heterocycles. The zero-order valence-electron chi connectivity index (χ0n) is 16.8. The molecule has 3 N–H and O–H groups in total. The molecule has 1 aliphatic heterocycles. The summed E-state index contributed by atoms with van der Waals surface area (Å²) in [5, 5.41) is 3.39. The minimum atomic E-state index is -0.110. The molecule has 3 aromatic carbocycles. The van der Waals surface area contributed by atoms with Gasteiger partial charge in [0.05, 0.1) is 24.8 Å². The second-order valence-corrected chi connectivity index (χ2v) is 7.82. The molecule has 0 radical (unpaired) electrons. The summed E-state index contributed by atoms with van der Waals surface area (Å²) in [6.45, 7) is 1.31. The molecule has 1 aromatic heterocycles. The molecule has 1 aliphatic rings. The van der Waals surface area contributed by atoms with Gasteiger partial charge in [0.2, 0.25) is 0 Å². The molecule has 0 aliphatic carbocycles. The van der Waals surface area contributed by atoms with Crippen LogP contribution >= 0.6 is 0 Å². The summed E-state index contributed by atoms with van der Waals surface area (Å²) in [6.07, 6.45) is 0.778. The van der Waals surface area contributed by atoms with Crippen LogP contribution in [0, 0.1) is 0 Å². The van der Waals surface area contributed by atoms with E-state index in [1.807, 2.05) is 12.1 Å². The van der Waals surface area contributed by atoms with Gasteiger partial charge >= 0.3 is 5.97 Å². The van der Waals surface area contributed by atoms with E-state index in [9.17, 15) is 4.79 Å². The average molecular weight is 397 g/mol. The number of rotatable bonds is 6. The lowest BCUT2D eigenvalue weighted by atomic mass is 9.87. The van der Waals surface area contributed by atoms with Gasteiger partial charge < -0.3 is 15.0 Å². The topological polar surface area (TPSA) is 58.7 Å². The van der Waals surface area contributed by atoms with Gasteiger partial charge in [-0.2, -0.15) is 0 Å². The highest BCUT2D eigenvalue weighted by atomic mass is 16.5. The molecular formula is C26H25N2O2+. The van der Waals surface area contributed by atoms with Crippen LogP contribution < -0.4 is 5.32 Å². The number of fused-ring (bicyclic) bond motifs is 1. The van der Waals surface area contributed by atoms with Gasteiger partial charge in [-0.3, -0.25) is 0 Å². The predicted molar refractivity (Wildman–Crippen MR) is 118 cm³/mol. The maximum atomic E-state index is 12.1. The first-order valence-corrected chi connectivity index (χ1v) is 10.5. The number of ether oxygens (including phenoxy) is 1. The molecule has 2 atom stereocenters. The third kappa shape index (κ3) is 3.51. The first-order valence-electron chi connectivity index (χ1n) is 10.5. The smallest absolute Gasteiger partial charge is 0.364 e. The van der Waals surface area contributed by atoms with Crippen molar-refractivity contribution in [2.45, 2.75) is 18.4 Å². The number of cyclic esters (lactones) is 1. The van der Waals surface area contributed by atoms with Crippen LogP contribution in [-0.2, 0) is 9.53 Å². The Morgan fingerprint density at radius 3 is 2.37 bits per heavy atom. The summed E-state index contributed by atoms with van der Waals surface area (Å²) in [5.74, 6) is 0.0509. The summed E-state index contributed by atoms with van der Waals surface area (Å²) in [4.78, 5) is 15.7. The van der Waals surface area contributed by atoms with Gasteiger partial charge in [0, 0.05) is 17.3 Å². The van der Waals surface area contributed by atoms with E-state index in [1.165, 1.54) is 22.1 Å². The Morgan fingerprint density at radius 1 is 0.933 bits per heavy atom. The molecule has 1 fully saturated rings. The summed E-state index contributed by atoms with van der Waals surface area (Å²) >= 11 is 0. The zero-order chi connectivity index (χ0) is 20.3. The molecule has 30 heavy (non-hydrogen) atoms. The lowest BCUT2D eigenvalue weighted by Gasteiger charge is -2.19. The number of carbonyl (C=O) groups excluding carboxylic acids is 1. The van der Waals surface area contributed by atoms with E-state index in [1.54, 1.807) is 0 Å². The van der Waals surface area contributed by atoms with E-state index < -0.39 is 0 Å². The number of aromatic nitrogens is 1. The van der Waals surface area contributed by atoms with Crippen LogP contribution in [-0.4, -0.2) is 30.1 Å². The van der Waals surface area contributed by atoms with Gasteiger partial charge in [0.1, 0.15) is 0 Å². The van der Waals surface area contributed by atoms with Crippen LogP contribution in [0.15, 0.2) is 84.9 Å². The van der Waals surface area contributed by atoms with Crippen molar-refractivity contribution in [1.82, 2.24) is 4.98 Å². The minimum absolute atomic E-state index is 0.0935. The third-order valence-corrected chi connectivity index (χ3v) is 5.99. The van der Waals surface area contributed by atoms with Crippen molar-refractivity contribution in [3.8, 4) is 11.3 Å². The standard InChI is InChI=1S/C26H24N2O2/c29-26-23(15-16-30-26)27-17-21(18-9-3-1-4-10-18)24-20-13-7-8-14-22(20)28-25(24)19-11-5-2-6-12-19/h1-14,21,23,27-28H,15-17H2/p+1/t21-,23+/m1/s1. The molecular weight excluding hydrogens is 372 g/mol. The van der Waals surface area contributed by atoms with Gasteiger partial charge in [0.15, 0.2) is 6.04 Å². The van der Waals surface area contributed by atoms with E-state index >= 15 is 0 Å². The first-order chi connectivity index (χ1) is 14.8. The average Bonchev–Trinajstić information content (AvgIpc) is 3.39. The SMILES string of the molecule is O=C1OCC[C@@H]1[NH2+]C[C@H](c1ccccc1)c1c(-c2ccccc2)[nH]c2ccccc12. The van der Waals surface area contributed by atoms with E-state index in [0.29, 0.717) is 6.61 Å². The van der Waals surface area contributed by atoms with Gasteiger partial charge in [-0.05, 0) is 22.8 Å². The fraction of sp³-hybridized carbons (Fsp3) is 0.192. The molecule has 0 amide bonds. The maximum absolute atomic E-state index is 12.1. The van der Waals surface area contributed by atoms with E-state index in [4.69, 9.17) is 4.74 Å². The Kier molecular flexibility index (Phi) is 5.08. The monoisotopic (exact) mass is 397 g/mol. The summed E-state index contributed by atoms with van der Waals surface area (Å²) < 4.78 is 5.18. The van der Waals surface area contributed by atoms with Crippen LogP contribution in [0.5, 0.6) is 0 Å². The molecule has 0 bridgehead atoms. The van der Waals surface area contributed by atoms with Crippen molar-refractivity contribution in [2.75, 3.05) is 13.2 Å². The molecule has 150 valence electrons. The number of H-pyrrole nitrogens is 1. The Bertz CT molecular complexity index is 1150. The maximum Gasteiger partial charge on any atom is 0.364 e. The highest BCUT2D eigenvalue weighted by Gasteiger charge is 2.32. The van der Waals surface area contributed by atoms with Crippen molar-refractivity contribution in [3.63, 3.8) is 0 Å². The molecule has 0 unspecified atom stereocenters. The van der Waals surface area contributed by atoms with E-state index in [2.05, 4.69) is 83.1 Å². The fourth-order valence-electron chi connectivity index (χ4n) is 4.49. The lowest BCUT2D eigenvalue weighted by Crippen LogP contribution is -2.92. The summed E-state index contributed by atoms with van der Waals surface area (Å²) in [5.41, 5.74) is 5.98. The number of para-hydroxylation sites is 1. The molecule has 4 heteroatoms. The normalized spacial score (nSPS) is 17.2. The van der Waals surface area contributed by atoms with Crippen molar-refractivity contribution < 1.29 is 14.8 Å². The van der Waals surface area contributed by atoms with E-state index in [-0.39, 0.29) is 17.9 Å². The van der Waals surface area contributed by atoms with E-state index in [0.717, 1.165) is 24.2 Å². The van der Waals surface area contributed by atoms with Gasteiger partial charge in [-0.25, -0.2) is 4.79 Å². The Morgan fingerprint density at radius 2 is 1.63 bits per heavy atom. The van der Waals surface area contributed by atoms with Gasteiger partial charge in [-0.1, -0.05) is 78.9 Å². The summed E-state index contributed by atoms with van der Waals surface area (Å²) in [7, 11) is 0. The molecule has 2 heterocycles. The number of quaternary nitrogens is 1. The first kappa shape index (κ1) is 18.6. The third-order valence-electron chi connectivity index (χ3n) is 5.99. The van der Waals surface area contributed by atoms with Crippen LogP contribution in [0.1, 0.15) is 23.5 Å². The number of hydrogen-bond acceptors (Lipinski definition) is 2. The molecule has 4 aromatic rings. The zero-order valence-corrected chi connectivity index (χ0v) is 16.8. The van der Waals surface area contributed by atoms with Crippen LogP contribution in [0.3, 0.4) is 0 Å². The number of hydrogen-bond donors (Lipinski definition) is 2. The number of benzene rings is 3. The molecule has 0 saturated carbocycles. The number of aromatic amines is 1. The van der Waals surface area contributed by atoms with Gasteiger partial charge in [0.25, 0.3) is 0 Å². The second-order valence-electron chi connectivity index (χ2n) is 7.82. The van der Waals surface area contributed by atoms with Crippen LogP contribution in [0.4, 0.5) is 0 Å². The minimum Gasteiger partial charge on any atom is -0.461 e. The number of nitrogens with one attached hydrogen (secondary N) is 1. The molecule has 0 spiro atoms. The largest absolute Gasteiger partial charge is 0.461 e. The Labute approximate surface area is 175 Å². The number of carbonyl (C=O) groups is 1. The van der Waals surface area contributed by atoms with Crippen molar-refractivity contribution in [2.24, 2.45) is 0 Å². The highest BCUT2D eigenvalue weighted by molar-refractivity contribution is 5.92. The quantitative estimate of drug-likeness (QED) is 0.486. The Balaban J connectivity index is 1.64. The van der Waals surface area contributed by atoms with Gasteiger partial charge in [-0.15, -0.1) is 0 Å². The Hall–Kier alpha value is -3.37. The number of nitrogens with two attached hydrogens (primary N) is 1. The number of esters is 1.